The van der Waals surface area contributed by atoms with Crippen LogP contribution in [-0.2, 0) is 28.6 Å². The summed E-state index contributed by atoms with van der Waals surface area (Å²) in [5, 5.41) is 5.31. The number of rotatable bonds is 16. The van der Waals surface area contributed by atoms with Crippen LogP contribution in [0.5, 0.6) is 0 Å². The monoisotopic (exact) mass is 346 g/mol. The highest BCUT2D eigenvalue weighted by Gasteiger charge is 2.04. The molecule has 0 unspecified atom stereocenters. The molecule has 2 N–H and O–H groups in total. The molecule has 0 radical (unpaired) electrons. The fourth-order valence-corrected chi connectivity index (χ4v) is 1.57. The Morgan fingerprint density at radius 1 is 0.750 bits per heavy atom. The highest BCUT2D eigenvalue weighted by molar-refractivity contribution is 5.79. The Balaban J connectivity index is 3.40. The molecular formula is C16H30N2O6. The first-order chi connectivity index (χ1) is 11.6. The van der Waals surface area contributed by atoms with Crippen molar-refractivity contribution < 1.29 is 28.6 Å². The van der Waals surface area contributed by atoms with Gasteiger partial charge in [-0.05, 0) is 6.92 Å². The van der Waals surface area contributed by atoms with Gasteiger partial charge in [0.1, 0.15) is 6.61 Å². The highest BCUT2D eigenvalue weighted by atomic mass is 16.5. The minimum absolute atomic E-state index is 0.0332. The third-order valence-corrected chi connectivity index (χ3v) is 2.95. The molecule has 8 nitrogen and oxygen atoms in total. The molecule has 0 rings (SSSR count). The number of Topliss-reactive ketones (excluding diaryl/α,β-unsaturated/α-hetero) is 1. The lowest BCUT2D eigenvalue weighted by Gasteiger charge is -2.07. The van der Waals surface area contributed by atoms with Gasteiger partial charge in [0.2, 0.25) is 11.8 Å². The second-order valence-electron chi connectivity index (χ2n) is 4.95. The predicted molar refractivity (Wildman–Crippen MR) is 88.7 cm³/mol. The average Bonchev–Trinajstić information content (AvgIpc) is 2.57. The van der Waals surface area contributed by atoms with Crippen molar-refractivity contribution in [1.82, 2.24) is 10.6 Å². The molecule has 0 aliphatic heterocycles. The lowest BCUT2D eigenvalue weighted by Crippen LogP contribution is -2.32. The largest absolute Gasteiger partial charge is 0.379 e. The highest BCUT2D eigenvalue weighted by Crippen LogP contribution is 1.86. The summed E-state index contributed by atoms with van der Waals surface area (Å²) in [4.78, 5) is 34.0. The number of ketones is 1. The number of amides is 2. The van der Waals surface area contributed by atoms with E-state index in [0.29, 0.717) is 46.0 Å². The lowest BCUT2D eigenvalue weighted by molar-refractivity contribution is -0.123. The maximum atomic E-state index is 11.5. The van der Waals surface area contributed by atoms with Gasteiger partial charge in [0, 0.05) is 39.0 Å². The van der Waals surface area contributed by atoms with E-state index in [4.69, 9.17) is 14.2 Å². The first-order valence-electron chi connectivity index (χ1n) is 8.38. The zero-order valence-corrected chi connectivity index (χ0v) is 14.7. The van der Waals surface area contributed by atoms with Gasteiger partial charge < -0.3 is 24.8 Å². The van der Waals surface area contributed by atoms with E-state index in [2.05, 4.69) is 10.6 Å². The predicted octanol–water partition coefficient (Wildman–Crippen LogP) is 0.0478. The molecule has 0 aliphatic carbocycles. The number of carbonyl (C=O) groups excluding carboxylic acids is 3. The first kappa shape index (κ1) is 22.5. The Labute approximate surface area is 143 Å². The summed E-state index contributed by atoms with van der Waals surface area (Å²) < 4.78 is 15.4. The van der Waals surface area contributed by atoms with Crippen molar-refractivity contribution in [2.45, 2.75) is 33.1 Å². The van der Waals surface area contributed by atoms with Crippen molar-refractivity contribution in [3.05, 3.63) is 0 Å². The Morgan fingerprint density at radius 3 is 2.12 bits per heavy atom. The van der Waals surface area contributed by atoms with Crippen LogP contribution in [0.4, 0.5) is 0 Å². The van der Waals surface area contributed by atoms with Crippen LogP contribution in [0.1, 0.15) is 33.1 Å². The SMILES string of the molecule is CCOCCOCCC(=O)NCCC(=O)NCCOCC(=O)CC. The van der Waals surface area contributed by atoms with Crippen molar-refractivity contribution in [3.8, 4) is 0 Å². The Kier molecular flexibility index (Phi) is 15.3. The van der Waals surface area contributed by atoms with Crippen molar-refractivity contribution in [1.29, 1.82) is 0 Å². The number of hydrogen-bond acceptors (Lipinski definition) is 6. The van der Waals surface area contributed by atoms with E-state index in [-0.39, 0.29) is 43.6 Å². The van der Waals surface area contributed by atoms with E-state index >= 15 is 0 Å². The Hall–Kier alpha value is -1.51. The molecule has 0 spiro atoms. The molecule has 0 saturated carbocycles. The summed E-state index contributed by atoms with van der Waals surface area (Å²) in [6.45, 7) is 6.64. The summed E-state index contributed by atoms with van der Waals surface area (Å²) in [5.74, 6) is -0.291. The minimum Gasteiger partial charge on any atom is -0.379 e. The summed E-state index contributed by atoms with van der Waals surface area (Å²) >= 11 is 0. The van der Waals surface area contributed by atoms with E-state index < -0.39 is 0 Å². The van der Waals surface area contributed by atoms with Crippen molar-refractivity contribution in [2.75, 3.05) is 52.7 Å². The van der Waals surface area contributed by atoms with Crippen LogP contribution < -0.4 is 10.6 Å². The average molecular weight is 346 g/mol. The Bertz CT molecular complexity index is 362. The van der Waals surface area contributed by atoms with Crippen molar-refractivity contribution in [3.63, 3.8) is 0 Å². The maximum Gasteiger partial charge on any atom is 0.222 e. The molecule has 0 saturated heterocycles. The van der Waals surface area contributed by atoms with Gasteiger partial charge in [0.15, 0.2) is 5.78 Å². The van der Waals surface area contributed by atoms with Crippen LogP contribution in [0.3, 0.4) is 0 Å². The second-order valence-corrected chi connectivity index (χ2v) is 4.95. The molecule has 0 aliphatic rings. The van der Waals surface area contributed by atoms with Gasteiger partial charge in [-0.1, -0.05) is 6.92 Å². The van der Waals surface area contributed by atoms with Gasteiger partial charge in [0.25, 0.3) is 0 Å². The molecule has 0 fully saturated rings. The van der Waals surface area contributed by atoms with Crippen LogP contribution in [0, 0.1) is 0 Å². The smallest absolute Gasteiger partial charge is 0.222 e. The Morgan fingerprint density at radius 2 is 1.42 bits per heavy atom. The van der Waals surface area contributed by atoms with Crippen molar-refractivity contribution >= 4 is 17.6 Å². The normalized spacial score (nSPS) is 10.4. The van der Waals surface area contributed by atoms with E-state index in [9.17, 15) is 14.4 Å². The third-order valence-electron chi connectivity index (χ3n) is 2.95. The minimum atomic E-state index is -0.173. The fourth-order valence-electron chi connectivity index (χ4n) is 1.57. The number of ether oxygens (including phenoxy) is 3. The number of carbonyl (C=O) groups is 3. The molecule has 0 aromatic rings. The number of nitrogens with one attached hydrogen (secondary N) is 2. The van der Waals surface area contributed by atoms with E-state index in [1.54, 1.807) is 6.92 Å². The standard InChI is InChI=1S/C16H30N2O6/c1-3-14(19)13-24-10-8-18-15(20)5-7-17-16(21)6-9-23-12-11-22-4-2/h3-13H2,1-2H3,(H,17,21)(H,18,20). The molecule has 0 aromatic heterocycles. The fraction of sp³-hybridized carbons (Fsp3) is 0.812. The molecule has 8 heteroatoms. The number of hydrogen-bond donors (Lipinski definition) is 2. The summed E-state index contributed by atoms with van der Waals surface area (Å²) in [6.07, 6.45) is 0.904. The first-order valence-corrected chi connectivity index (χ1v) is 8.38. The van der Waals surface area contributed by atoms with Gasteiger partial charge in [-0.2, -0.15) is 0 Å². The zero-order valence-electron chi connectivity index (χ0n) is 14.7. The van der Waals surface area contributed by atoms with Gasteiger partial charge in [-0.25, -0.2) is 0 Å². The summed E-state index contributed by atoms with van der Waals surface area (Å²) in [7, 11) is 0. The van der Waals surface area contributed by atoms with E-state index in [1.807, 2.05) is 6.92 Å². The molecule has 0 heterocycles. The van der Waals surface area contributed by atoms with Crippen LogP contribution in [0.15, 0.2) is 0 Å². The van der Waals surface area contributed by atoms with E-state index in [0.717, 1.165) is 0 Å². The second kappa shape index (κ2) is 16.4. The van der Waals surface area contributed by atoms with Crippen LogP contribution >= 0.6 is 0 Å². The topological polar surface area (TPSA) is 103 Å². The summed E-state index contributed by atoms with van der Waals surface area (Å²) in [5.41, 5.74) is 0. The van der Waals surface area contributed by atoms with Gasteiger partial charge in [-0.15, -0.1) is 0 Å². The molecule has 24 heavy (non-hydrogen) atoms. The molecule has 0 atom stereocenters. The maximum absolute atomic E-state index is 11.5. The third kappa shape index (κ3) is 15.4. The van der Waals surface area contributed by atoms with E-state index in [1.165, 1.54) is 0 Å². The lowest BCUT2D eigenvalue weighted by atomic mass is 10.3. The molecule has 140 valence electrons. The van der Waals surface area contributed by atoms with Gasteiger partial charge in [0.05, 0.1) is 26.4 Å². The van der Waals surface area contributed by atoms with Crippen LogP contribution in [-0.4, -0.2) is 70.3 Å². The molecule has 0 bridgehead atoms. The van der Waals surface area contributed by atoms with Gasteiger partial charge >= 0.3 is 0 Å². The summed E-state index contributed by atoms with van der Waals surface area (Å²) in [6, 6.07) is 0. The van der Waals surface area contributed by atoms with Crippen molar-refractivity contribution in [2.24, 2.45) is 0 Å². The van der Waals surface area contributed by atoms with Gasteiger partial charge in [-0.3, -0.25) is 14.4 Å². The molecule has 0 aromatic carbocycles. The quantitative estimate of drug-likeness (QED) is 0.383. The van der Waals surface area contributed by atoms with Crippen LogP contribution in [0.2, 0.25) is 0 Å². The van der Waals surface area contributed by atoms with Crippen LogP contribution in [0.25, 0.3) is 0 Å². The molecular weight excluding hydrogens is 316 g/mol. The zero-order chi connectivity index (χ0) is 18.0. The molecule has 2 amide bonds.